The molecule has 5 nitrogen and oxygen atoms in total. The van der Waals surface area contributed by atoms with Crippen LogP contribution in [-0.2, 0) is 16.8 Å². The molecule has 0 saturated heterocycles. The largest absolute Gasteiger partial charge is 0.481 e. The smallest absolute Gasteiger partial charge is 0.316 e. The highest BCUT2D eigenvalue weighted by atomic mass is 16.4. The Kier molecular flexibility index (Phi) is 4.66. The van der Waals surface area contributed by atoms with Crippen molar-refractivity contribution >= 4 is 5.97 Å². The average molecular weight is 307 g/mol. The zero-order valence-corrected chi connectivity index (χ0v) is 14.2. The summed E-state index contributed by atoms with van der Waals surface area (Å²) in [7, 11) is 0. The van der Waals surface area contributed by atoms with E-state index in [1.807, 2.05) is 17.7 Å². The topological polar surface area (TPSA) is 81.1 Å². The molecule has 3 atom stereocenters. The molecule has 0 aliphatic heterocycles. The standard InChI is InChI=1S/C17H29N3O2/c1-12-13(6-5-8-18)17(12,15(21)22)14-10-20(11-19-14)9-7-16(2,3)4/h10-13H,5-9,18H2,1-4H3,(H,21,22)/t12-,13?,17?/m1/s1. The van der Waals surface area contributed by atoms with Crippen LogP contribution in [0.15, 0.2) is 12.5 Å². The van der Waals surface area contributed by atoms with E-state index in [9.17, 15) is 9.90 Å². The Hall–Kier alpha value is -1.36. The summed E-state index contributed by atoms with van der Waals surface area (Å²) in [6.45, 7) is 10.1. The number of hydrogen-bond acceptors (Lipinski definition) is 3. The van der Waals surface area contributed by atoms with Crippen LogP contribution in [-0.4, -0.2) is 27.2 Å². The number of carboxylic acid groups (broad SMARTS) is 1. The van der Waals surface area contributed by atoms with Crippen molar-refractivity contribution in [1.29, 1.82) is 0 Å². The van der Waals surface area contributed by atoms with Crippen molar-refractivity contribution in [2.45, 2.75) is 58.9 Å². The van der Waals surface area contributed by atoms with Crippen LogP contribution in [0.25, 0.3) is 0 Å². The maximum absolute atomic E-state index is 11.9. The Morgan fingerprint density at radius 2 is 2.18 bits per heavy atom. The first-order valence-electron chi connectivity index (χ1n) is 8.19. The normalized spacial score (nSPS) is 27.9. The van der Waals surface area contributed by atoms with Gasteiger partial charge in [0.1, 0.15) is 5.41 Å². The van der Waals surface area contributed by atoms with E-state index in [0.717, 1.165) is 25.8 Å². The summed E-state index contributed by atoms with van der Waals surface area (Å²) in [6.07, 6.45) is 6.47. The second-order valence-corrected chi connectivity index (χ2v) is 7.81. The summed E-state index contributed by atoms with van der Waals surface area (Å²) in [5.41, 5.74) is 5.73. The van der Waals surface area contributed by atoms with Gasteiger partial charge in [0, 0.05) is 12.7 Å². The van der Waals surface area contributed by atoms with Crippen molar-refractivity contribution in [1.82, 2.24) is 9.55 Å². The molecule has 124 valence electrons. The number of aliphatic carboxylic acids is 1. The number of rotatable bonds is 7. The number of nitrogens with zero attached hydrogens (tertiary/aromatic N) is 2. The van der Waals surface area contributed by atoms with Crippen molar-refractivity contribution in [3.05, 3.63) is 18.2 Å². The van der Waals surface area contributed by atoms with Gasteiger partial charge in [0.2, 0.25) is 0 Å². The molecule has 2 unspecified atom stereocenters. The molecule has 0 amide bonds. The molecule has 22 heavy (non-hydrogen) atoms. The second-order valence-electron chi connectivity index (χ2n) is 7.81. The number of aryl methyl sites for hydroxylation is 1. The van der Waals surface area contributed by atoms with Crippen molar-refractivity contribution in [3.63, 3.8) is 0 Å². The molecule has 1 fully saturated rings. The summed E-state index contributed by atoms with van der Waals surface area (Å²) < 4.78 is 2.02. The number of carboxylic acids is 1. The summed E-state index contributed by atoms with van der Waals surface area (Å²) >= 11 is 0. The molecule has 1 aliphatic rings. The van der Waals surface area contributed by atoms with E-state index in [4.69, 9.17) is 5.73 Å². The molecule has 1 heterocycles. The Morgan fingerprint density at radius 3 is 2.73 bits per heavy atom. The van der Waals surface area contributed by atoms with Gasteiger partial charge in [-0.25, -0.2) is 4.98 Å². The van der Waals surface area contributed by atoms with Gasteiger partial charge in [0.25, 0.3) is 0 Å². The molecule has 1 aromatic heterocycles. The van der Waals surface area contributed by atoms with Gasteiger partial charge < -0.3 is 15.4 Å². The van der Waals surface area contributed by atoms with E-state index < -0.39 is 11.4 Å². The number of carbonyl (C=O) groups is 1. The predicted molar refractivity (Wildman–Crippen MR) is 86.6 cm³/mol. The predicted octanol–water partition coefficient (Wildman–Crippen LogP) is 2.65. The number of hydrogen-bond donors (Lipinski definition) is 2. The highest BCUT2D eigenvalue weighted by Gasteiger charge is 2.69. The van der Waals surface area contributed by atoms with Gasteiger partial charge in [0.05, 0.1) is 12.0 Å². The summed E-state index contributed by atoms with van der Waals surface area (Å²) in [5, 5.41) is 9.79. The first-order chi connectivity index (χ1) is 10.2. The lowest BCUT2D eigenvalue weighted by Crippen LogP contribution is -2.24. The van der Waals surface area contributed by atoms with Crippen molar-refractivity contribution in [2.75, 3.05) is 6.54 Å². The number of aromatic nitrogens is 2. The third kappa shape index (κ3) is 3.05. The van der Waals surface area contributed by atoms with Gasteiger partial charge in [-0.05, 0) is 43.1 Å². The molecule has 3 N–H and O–H groups in total. The molecular formula is C17H29N3O2. The van der Waals surface area contributed by atoms with Crippen LogP contribution in [0, 0.1) is 17.3 Å². The fraction of sp³-hybridized carbons (Fsp3) is 0.765. The van der Waals surface area contributed by atoms with Crippen LogP contribution in [0.2, 0.25) is 0 Å². The van der Waals surface area contributed by atoms with E-state index in [-0.39, 0.29) is 17.3 Å². The minimum atomic E-state index is -0.803. The molecule has 0 aromatic carbocycles. The number of nitrogens with two attached hydrogens (primary N) is 1. The average Bonchev–Trinajstić information content (AvgIpc) is 2.81. The molecule has 1 saturated carbocycles. The second kappa shape index (κ2) is 6.03. The molecule has 1 aromatic rings. The zero-order chi connectivity index (χ0) is 16.5. The molecular weight excluding hydrogens is 278 g/mol. The Labute approximate surface area is 132 Å². The van der Waals surface area contributed by atoms with Crippen LogP contribution in [0.3, 0.4) is 0 Å². The van der Waals surface area contributed by atoms with E-state index in [1.165, 1.54) is 0 Å². The lowest BCUT2D eigenvalue weighted by Gasteiger charge is -2.17. The highest BCUT2D eigenvalue weighted by Crippen LogP contribution is 2.61. The van der Waals surface area contributed by atoms with Gasteiger partial charge >= 0.3 is 5.97 Å². The van der Waals surface area contributed by atoms with E-state index >= 15 is 0 Å². The third-order valence-electron chi connectivity index (χ3n) is 5.05. The monoisotopic (exact) mass is 307 g/mol. The van der Waals surface area contributed by atoms with Crippen LogP contribution >= 0.6 is 0 Å². The summed E-state index contributed by atoms with van der Waals surface area (Å²) in [5.74, 6) is -0.467. The lowest BCUT2D eigenvalue weighted by atomic mass is 9.92. The molecule has 0 spiro atoms. The maximum Gasteiger partial charge on any atom is 0.316 e. The fourth-order valence-corrected chi connectivity index (χ4v) is 3.51. The lowest BCUT2D eigenvalue weighted by molar-refractivity contribution is -0.141. The molecule has 5 heteroatoms. The van der Waals surface area contributed by atoms with Gasteiger partial charge in [-0.15, -0.1) is 0 Å². The summed E-state index contributed by atoms with van der Waals surface area (Å²) in [4.78, 5) is 16.3. The minimum Gasteiger partial charge on any atom is -0.481 e. The van der Waals surface area contributed by atoms with Crippen LogP contribution in [0.4, 0.5) is 0 Å². The van der Waals surface area contributed by atoms with Crippen molar-refractivity contribution in [3.8, 4) is 0 Å². The van der Waals surface area contributed by atoms with E-state index in [2.05, 4.69) is 25.8 Å². The van der Waals surface area contributed by atoms with Gasteiger partial charge in [0.15, 0.2) is 0 Å². The van der Waals surface area contributed by atoms with E-state index in [0.29, 0.717) is 12.2 Å². The Morgan fingerprint density at radius 1 is 1.50 bits per heavy atom. The van der Waals surface area contributed by atoms with Gasteiger partial charge in [-0.1, -0.05) is 27.7 Å². The van der Waals surface area contributed by atoms with E-state index in [1.54, 1.807) is 6.33 Å². The zero-order valence-electron chi connectivity index (χ0n) is 14.2. The van der Waals surface area contributed by atoms with Crippen molar-refractivity contribution < 1.29 is 9.90 Å². The fourth-order valence-electron chi connectivity index (χ4n) is 3.51. The first kappa shape index (κ1) is 17.0. The minimum absolute atomic E-state index is 0.127. The Bertz CT molecular complexity index is 532. The summed E-state index contributed by atoms with van der Waals surface area (Å²) in [6, 6.07) is 0. The molecule has 2 rings (SSSR count). The van der Waals surface area contributed by atoms with Crippen LogP contribution < -0.4 is 5.73 Å². The molecule has 0 radical (unpaired) electrons. The number of imidazole rings is 1. The SMILES string of the molecule is C[C@@H]1C(CCCN)C1(C(=O)O)c1cn(CCC(C)(C)C)cn1. The van der Waals surface area contributed by atoms with Crippen molar-refractivity contribution in [2.24, 2.45) is 23.0 Å². The van der Waals surface area contributed by atoms with Gasteiger partial charge in [-0.2, -0.15) is 0 Å². The maximum atomic E-state index is 11.9. The molecule has 0 bridgehead atoms. The quantitative estimate of drug-likeness (QED) is 0.811. The third-order valence-corrected chi connectivity index (χ3v) is 5.05. The van der Waals surface area contributed by atoms with Gasteiger partial charge in [-0.3, -0.25) is 4.79 Å². The van der Waals surface area contributed by atoms with Crippen LogP contribution in [0.1, 0.15) is 52.7 Å². The Balaban J connectivity index is 2.15. The van der Waals surface area contributed by atoms with Crippen LogP contribution in [0.5, 0.6) is 0 Å². The highest BCUT2D eigenvalue weighted by molar-refractivity contribution is 5.86. The first-order valence-corrected chi connectivity index (χ1v) is 8.19. The molecule has 1 aliphatic carbocycles.